The summed E-state index contributed by atoms with van der Waals surface area (Å²) < 4.78 is 5.66. The molecule has 1 heterocycles. The summed E-state index contributed by atoms with van der Waals surface area (Å²) in [6.07, 6.45) is 6.57. The molecule has 0 amide bonds. The fraction of sp³-hybridized carbons (Fsp3) is 1.00. The van der Waals surface area contributed by atoms with Gasteiger partial charge in [-0.05, 0) is 57.5 Å². The van der Waals surface area contributed by atoms with Gasteiger partial charge in [-0.2, -0.15) is 0 Å². The Morgan fingerprint density at radius 1 is 1.29 bits per heavy atom. The summed E-state index contributed by atoms with van der Waals surface area (Å²) in [6.45, 7) is 6.69. The second-order valence-corrected chi connectivity index (χ2v) is 6.18. The first-order chi connectivity index (χ1) is 8.17. The van der Waals surface area contributed by atoms with E-state index in [2.05, 4.69) is 11.8 Å². The van der Waals surface area contributed by atoms with Crippen LogP contribution >= 0.6 is 0 Å². The SMILES string of the molecule is COC1(C)CCCN(CC2CCCC2CN)C1. The lowest BCUT2D eigenvalue weighted by atomic mass is 9.91. The number of rotatable bonds is 4. The molecule has 2 N–H and O–H groups in total. The normalized spacial score (nSPS) is 39.7. The summed E-state index contributed by atoms with van der Waals surface area (Å²) in [5, 5.41) is 0. The van der Waals surface area contributed by atoms with E-state index in [9.17, 15) is 0 Å². The van der Waals surface area contributed by atoms with E-state index in [4.69, 9.17) is 10.5 Å². The van der Waals surface area contributed by atoms with Crippen molar-refractivity contribution in [3.8, 4) is 0 Å². The summed E-state index contributed by atoms with van der Waals surface area (Å²) in [7, 11) is 1.85. The van der Waals surface area contributed by atoms with Gasteiger partial charge in [0, 0.05) is 20.2 Å². The lowest BCUT2D eigenvalue weighted by Crippen LogP contribution is -2.49. The zero-order valence-corrected chi connectivity index (χ0v) is 11.5. The van der Waals surface area contributed by atoms with Gasteiger partial charge in [0.15, 0.2) is 0 Å². The van der Waals surface area contributed by atoms with Crippen molar-refractivity contribution in [1.82, 2.24) is 4.90 Å². The van der Waals surface area contributed by atoms with Crippen LogP contribution in [0.2, 0.25) is 0 Å². The predicted octanol–water partition coefficient (Wildman–Crippen LogP) is 1.86. The molecule has 0 radical (unpaired) electrons. The second kappa shape index (κ2) is 5.68. The Balaban J connectivity index is 1.86. The third-order valence-corrected chi connectivity index (χ3v) is 4.84. The summed E-state index contributed by atoms with van der Waals surface area (Å²) in [4.78, 5) is 2.60. The van der Waals surface area contributed by atoms with Crippen molar-refractivity contribution in [2.45, 2.75) is 44.6 Å². The van der Waals surface area contributed by atoms with Gasteiger partial charge in [-0.3, -0.25) is 0 Å². The number of hydrogen-bond donors (Lipinski definition) is 1. The quantitative estimate of drug-likeness (QED) is 0.815. The Labute approximate surface area is 106 Å². The molecule has 3 heteroatoms. The lowest BCUT2D eigenvalue weighted by Gasteiger charge is -2.41. The van der Waals surface area contributed by atoms with Crippen LogP contribution in [-0.2, 0) is 4.74 Å². The highest BCUT2D eigenvalue weighted by molar-refractivity contribution is 4.88. The van der Waals surface area contributed by atoms with Crippen LogP contribution in [-0.4, -0.2) is 43.8 Å². The Morgan fingerprint density at radius 3 is 2.76 bits per heavy atom. The maximum absolute atomic E-state index is 5.87. The fourth-order valence-electron chi connectivity index (χ4n) is 3.63. The van der Waals surface area contributed by atoms with Gasteiger partial charge in [0.25, 0.3) is 0 Å². The molecular weight excluding hydrogens is 212 g/mol. The average Bonchev–Trinajstić information content (AvgIpc) is 2.76. The first-order valence-electron chi connectivity index (χ1n) is 7.14. The van der Waals surface area contributed by atoms with Crippen molar-refractivity contribution in [2.75, 3.05) is 33.3 Å². The Morgan fingerprint density at radius 2 is 2.06 bits per heavy atom. The first-order valence-corrected chi connectivity index (χ1v) is 7.14. The van der Waals surface area contributed by atoms with E-state index < -0.39 is 0 Å². The van der Waals surface area contributed by atoms with Crippen molar-refractivity contribution < 1.29 is 4.74 Å². The zero-order chi connectivity index (χ0) is 12.3. The van der Waals surface area contributed by atoms with Crippen LogP contribution in [0, 0.1) is 11.8 Å². The van der Waals surface area contributed by atoms with Gasteiger partial charge < -0.3 is 15.4 Å². The molecule has 1 aliphatic heterocycles. The van der Waals surface area contributed by atoms with E-state index >= 15 is 0 Å². The molecule has 17 heavy (non-hydrogen) atoms. The highest BCUT2D eigenvalue weighted by Crippen LogP contribution is 2.33. The van der Waals surface area contributed by atoms with Crippen LogP contribution < -0.4 is 5.73 Å². The number of likely N-dealkylation sites (tertiary alicyclic amines) is 1. The van der Waals surface area contributed by atoms with Crippen molar-refractivity contribution in [3.63, 3.8) is 0 Å². The molecule has 100 valence electrons. The third kappa shape index (κ3) is 3.21. The van der Waals surface area contributed by atoms with Crippen LogP contribution in [0.1, 0.15) is 39.0 Å². The standard InChI is InChI=1S/C14H28N2O/c1-14(17-2)7-4-8-16(11-14)10-13-6-3-5-12(13)9-15/h12-13H,3-11,15H2,1-2H3. The third-order valence-electron chi connectivity index (χ3n) is 4.84. The monoisotopic (exact) mass is 240 g/mol. The molecule has 2 aliphatic rings. The molecule has 0 aromatic carbocycles. The summed E-state index contributed by atoms with van der Waals surface area (Å²) in [5.74, 6) is 1.60. The van der Waals surface area contributed by atoms with E-state index in [0.29, 0.717) is 0 Å². The number of nitrogens with zero attached hydrogens (tertiary/aromatic N) is 1. The topological polar surface area (TPSA) is 38.5 Å². The van der Waals surface area contributed by atoms with Crippen LogP contribution in [0.4, 0.5) is 0 Å². The predicted molar refractivity (Wildman–Crippen MR) is 71.0 cm³/mol. The molecule has 3 nitrogen and oxygen atoms in total. The molecule has 0 aromatic heterocycles. The van der Waals surface area contributed by atoms with Crippen molar-refractivity contribution in [2.24, 2.45) is 17.6 Å². The number of ether oxygens (including phenoxy) is 1. The van der Waals surface area contributed by atoms with E-state index in [1.54, 1.807) is 0 Å². The van der Waals surface area contributed by atoms with Crippen molar-refractivity contribution >= 4 is 0 Å². The minimum absolute atomic E-state index is 0.0784. The van der Waals surface area contributed by atoms with E-state index in [-0.39, 0.29) is 5.60 Å². The molecule has 3 unspecified atom stereocenters. The second-order valence-electron chi connectivity index (χ2n) is 6.18. The van der Waals surface area contributed by atoms with Gasteiger partial charge in [0.2, 0.25) is 0 Å². The van der Waals surface area contributed by atoms with E-state index in [1.807, 2.05) is 7.11 Å². The molecule has 2 fully saturated rings. The lowest BCUT2D eigenvalue weighted by molar-refractivity contribution is -0.0545. The van der Waals surface area contributed by atoms with Gasteiger partial charge in [0.1, 0.15) is 0 Å². The minimum Gasteiger partial charge on any atom is -0.377 e. The van der Waals surface area contributed by atoms with E-state index in [0.717, 1.165) is 24.9 Å². The maximum atomic E-state index is 5.87. The minimum atomic E-state index is 0.0784. The molecule has 0 bridgehead atoms. The fourth-order valence-corrected chi connectivity index (χ4v) is 3.63. The number of piperidine rings is 1. The summed E-state index contributed by atoms with van der Waals surface area (Å²) in [5.41, 5.74) is 5.94. The molecule has 1 saturated carbocycles. The van der Waals surface area contributed by atoms with Crippen LogP contribution in [0.3, 0.4) is 0 Å². The van der Waals surface area contributed by atoms with Crippen LogP contribution in [0.5, 0.6) is 0 Å². The molecular formula is C14H28N2O. The first kappa shape index (κ1) is 13.3. The number of methoxy groups -OCH3 is 1. The van der Waals surface area contributed by atoms with Gasteiger partial charge in [-0.15, -0.1) is 0 Å². The summed E-state index contributed by atoms with van der Waals surface area (Å²) in [6, 6.07) is 0. The van der Waals surface area contributed by atoms with Crippen LogP contribution in [0.25, 0.3) is 0 Å². The molecule has 2 rings (SSSR count). The van der Waals surface area contributed by atoms with Crippen molar-refractivity contribution in [3.05, 3.63) is 0 Å². The Kier molecular flexibility index (Phi) is 4.45. The molecule has 3 atom stereocenters. The number of nitrogens with two attached hydrogens (primary N) is 1. The zero-order valence-electron chi connectivity index (χ0n) is 11.5. The maximum Gasteiger partial charge on any atom is 0.0777 e. The van der Waals surface area contributed by atoms with Gasteiger partial charge in [-0.1, -0.05) is 6.42 Å². The van der Waals surface area contributed by atoms with Gasteiger partial charge >= 0.3 is 0 Å². The molecule has 0 aromatic rings. The Bertz CT molecular complexity index is 246. The highest BCUT2D eigenvalue weighted by atomic mass is 16.5. The smallest absolute Gasteiger partial charge is 0.0777 e. The highest BCUT2D eigenvalue weighted by Gasteiger charge is 2.34. The van der Waals surface area contributed by atoms with Gasteiger partial charge in [0.05, 0.1) is 5.60 Å². The summed E-state index contributed by atoms with van der Waals surface area (Å²) >= 11 is 0. The van der Waals surface area contributed by atoms with Crippen molar-refractivity contribution in [1.29, 1.82) is 0 Å². The largest absolute Gasteiger partial charge is 0.377 e. The molecule has 1 saturated heterocycles. The van der Waals surface area contributed by atoms with Gasteiger partial charge in [-0.25, -0.2) is 0 Å². The number of hydrogen-bond acceptors (Lipinski definition) is 3. The Hall–Kier alpha value is -0.120. The molecule has 0 spiro atoms. The van der Waals surface area contributed by atoms with Crippen LogP contribution in [0.15, 0.2) is 0 Å². The average molecular weight is 240 g/mol. The molecule has 1 aliphatic carbocycles. The van der Waals surface area contributed by atoms with E-state index in [1.165, 1.54) is 45.2 Å².